The van der Waals surface area contributed by atoms with Crippen molar-refractivity contribution in [3.63, 3.8) is 0 Å². The van der Waals surface area contributed by atoms with Crippen LogP contribution in [0, 0.1) is 26.7 Å². The molecule has 38 heavy (non-hydrogen) atoms. The summed E-state index contributed by atoms with van der Waals surface area (Å²) in [5, 5.41) is 28.5. The summed E-state index contributed by atoms with van der Waals surface area (Å²) >= 11 is 1.65. The normalized spacial score (nSPS) is 15.3. The molecule has 1 unspecified atom stereocenters. The molecule has 3 heterocycles. The average Bonchev–Trinajstić information content (AvgIpc) is 3.38. The molecule has 5 rings (SSSR count). The van der Waals surface area contributed by atoms with Crippen molar-refractivity contribution in [1.29, 1.82) is 0 Å². The smallest absolute Gasteiger partial charge is 0.308 e. The SMILES string of the molecule is Cc1sc2c(c1C)C(c1ccc(-c3cccc(OCCCO)c3)cc1)=N[C@@H](C(C)C(=O)O)c1nnc(C)n1-2. The molecular weight excluding hydrogens is 500 g/mol. The summed E-state index contributed by atoms with van der Waals surface area (Å²) in [6.07, 6.45) is 0.585. The Hall–Kier alpha value is -3.82. The van der Waals surface area contributed by atoms with Gasteiger partial charge in [-0.25, -0.2) is 0 Å². The molecule has 1 aliphatic heterocycles. The molecule has 2 N–H and O–H groups in total. The number of aromatic nitrogens is 3. The van der Waals surface area contributed by atoms with Gasteiger partial charge < -0.3 is 14.9 Å². The first-order valence-corrected chi connectivity index (χ1v) is 13.4. The number of carboxylic acid groups (broad SMARTS) is 1. The number of ether oxygens (including phenoxy) is 1. The van der Waals surface area contributed by atoms with Crippen LogP contribution in [-0.4, -0.2) is 49.9 Å². The number of hydrogen-bond acceptors (Lipinski definition) is 7. The van der Waals surface area contributed by atoms with Gasteiger partial charge in [0, 0.05) is 29.0 Å². The van der Waals surface area contributed by atoms with Crippen LogP contribution in [0.2, 0.25) is 0 Å². The van der Waals surface area contributed by atoms with Crippen LogP contribution < -0.4 is 4.74 Å². The van der Waals surface area contributed by atoms with E-state index in [4.69, 9.17) is 14.8 Å². The minimum atomic E-state index is -0.931. The number of aliphatic carboxylic acids is 1. The van der Waals surface area contributed by atoms with Gasteiger partial charge in [0.05, 0.1) is 18.2 Å². The number of benzene rings is 2. The number of aryl methyl sites for hydroxylation is 2. The van der Waals surface area contributed by atoms with E-state index in [1.165, 1.54) is 4.88 Å². The van der Waals surface area contributed by atoms with Crippen molar-refractivity contribution in [3.8, 4) is 21.9 Å². The van der Waals surface area contributed by atoms with Crippen molar-refractivity contribution < 1.29 is 19.7 Å². The van der Waals surface area contributed by atoms with Crippen molar-refractivity contribution in [2.75, 3.05) is 13.2 Å². The maximum atomic E-state index is 12.1. The largest absolute Gasteiger partial charge is 0.493 e. The highest BCUT2D eigenvalue weighted by Crippen LogP contribution is 2.40. The van der Waals surface area contributed by atoms with E-state index in [2.05, 4.69) is 24.0 Å². The van der Waals surface area contributed by atoms with E-state index in [9.17, 15) is 9.90 Å². The number of nitrogens with zero attached hydrogens (tertiary/aromatic N) is 4. The van der Waals surface area contributed by atoms with Crippen LogP contribution >= 0.6 is 11.3 Å². The highest BCUT2D eigenvalue weighted by Gasteiger charge is 2.36. The predicted octanol–water partition coefficient (Wildman–Crippen LogP) is 5.30. The number of carboxylic acids is 1. The number of thiophene rings is 1. The number of aliphatic hydroxyl groups excluding tert-OH is 1. The molecule has 0 fully saturated rings. The molecule has 0 amide bonds. The van der Waals surface area contributed by atoms with Gasteiger partial charge in [0.2, 0.25) is 0 Å². The molecule has 9 heteroatoms. The molecule has 0 spiro atoms. The van der Waals surface area contributed by atoms with E-state index >= 15 is 0 Å². The fraction of sp³-hybridized carbons (Fsp3) is 0.310. The third kappa shape index (κ3) is 4.63. The van der Waals surface area contributed by atoms with Crippen LogP contribution in [0.5, 0.6) is 5.75 Å². The van der Waals surface area contributed by atoms with Crippen LogP contribution in [0.1, 0.15) is 52.6 Å². The zero-order chi connectivity index (χ0) is 27.0. The number of rotatable bonds is 8. The van der Waals surface area contributed by atoms with Gasteiger partial charge in [-0.2, -0.15) is 0 Å². The number of fused-ring (bicyclic) bond motifs is 3. The standard InChI is InChI=1S/C29H30N4O4S/c1-16-18(3)38-28-24(16)26(30-25(17(2)29(35)36)27-32-31-19(4)33(27)28)21-11-9-20(10-12-21)22-7-5-8-23(15-22)37-14-6-13-34/h5,7-12,15,17,25,34H,6,13-14H2,1-4H3,(H,35,36)/t17?,25-/m0/s1. The topological polar surface area (TPSA) is 110 Å². The summed E-state index contributed by atoms with van der Waals surface area (Å²) in [5.41, 5.74) is 5.82. The molecule has 2 atom stereocenters. The highest BCUT2D eigenvalue weighted by molar-refractivity contribution is 7.15. The summed E-state index contributed by atoms with van der Waals surface area (Å²) in [6.45, 7) is 8.27. The molecule has 4 aromatic rings. The van der Waals surface area contributed by atoms with Crippen molar-refractivity contribution in [1.82, 2.24) is 14.8 Å². The Kier molecular flexibility index (Phi) is 7.14. The maximum Gasteiger partial charge on any atom is 0.308 e. The second-order valence-corrected chi connectivity index (χ2v) is 10.7. The Morgan fingerprint density at radius 1 is 1.08 bits per heavy atom. The second kappa shape index (κ2) is 10.5. The van der Waals surface area contributed by atoms with Gasteiger partial charge in [-0.3, -0.25) is 14.4 Å². The lowest BCUT2D eigenvalue weighted by molar-refractivity contribution is -0.141. The summed E-state index contributed by atoms with van der Waals surface area (Å²) in [4.78, 5) is 18.3. The molecule has 2 aromatic heterocycles. The van der Waals surface area contributed by atoms with Gasteiger partial charge in [-0.05, 0) is 56.5 Å². The molecule has 2 aromatic carbocycles. The van der Waals surface area contributed by atoms with Crippen LogP contribution in [0.15, 0.2) is 53.5 Å². The highest BCUT2D eigenvalue weighted by atomic mass is 32.1. The lowest BCUT2D eigenvalue weighted by Crippen LogP contribution is -2.21. The summed E-state index contributed by atoms with van der Waals surface area (Å²) in [5.74, 6) is 0.295. The molecule has 1 aliphatic rings. The predicted molar refractivity (Wildman–Crippen MR) is 148 cm³/mol. The van der Waals surface area contributed by atoms with E-state index in [1.807, 2.05) is 60.0 Å². The average molecular weight is 531 g/mol. The van der Waals surface area contributed by atoms with Gasteiger partial charge in [-0.1, -0.05) is 36.4 Å². The number of hydrogen-bond donors (Lipinski definition) is 2. The van der Waals surface area contributed by atoms with Gasteiger partial charge in [-0.15, -0.1) is 21.5 Å². The Bertz CT molecular complexity index is 1520. The van der Waals surface area contributed by atoms with Crippen molar-refractivity contribution >= 4 is 23.0 Å². The maximum absolute atomic E-state index is 12.1. The van der Waals surface area contributed by atoms with Crippen LogP contribution in [0.3, 0.4) is 0 Å². The molecule has 0 bridgehead atoms. The van der Waals surface area contributed by atoms with E-state index in [0.717, 1.165) is 44.3 Å². The van der Waals surface area contributed by atoms with Crippen molar-refractivity contribution in [2.24, 2.45) is 10.9 Å². The first-order valence-electron chi connectivity index (χ1n) is 12.6. The molecule has 8 nitrogen and oxygen atoms in total. The zero-order valence-electron chi connectivity index (χ0n) is 21.8. The van der Waals surface area contributed by atoms with E-state index in [0.29, 0.717) is 24.7 Å². The van der Waals surface area contributed by atoms with Crippen molar-refractivity contribution in [2.45, 2.75) is 40.2 Å². The van der Waals surface area contributed by atoms with E-state index < -0.39 is 17.9 Å². The Labute approximate surface area is 225 Å². The summed E-state index contributed by atoms with van der Waals surface area (Å²) in [6, 6.07) is 15.3. The summed E-state index contributed by atoms with van der Waals surface area (Å²) in [7, 11) is 0. The monoisotopic (exact) mass is 530 g/mol. The third-order valence-corrected chi connectivity index (χ3v) is 8.14. The van der Waals surface area contributed by atoms with E-state index in [1.54, 1.807) is 18.3 Å². The quantitative estimate of drug-likeness (QED) is 0.299. The lowest BCUT2D eigenvalue weighted by Gasteiger charge is -2.16. The first kappa shape index (κ1) is 25.8. The molecule has 0 radical (unpaired) electrons. The number of carbonyl (C=O) groups is 1. The van der Waals surface area contributed by atoms with E-state index in [-0.39, 0.29) is 6.61 Å². The molecular formula is C29H30N4O4S. The molecule has 196 valence electrons. The van der Waals surface area contributed by atoms with Crippen LogP contribution in [0.4, 0.5) is 0 Å². The minimum Gasteiger partial charge on any atom is -0.493 e. The van der Waals surface area contributed by atoms with Gasteiger partial charge in [0.25, 0.3) is 0 Å². The Balaban J connectivity index is 1.59. The number of aliphatic hydroxyl groups is 1. The third-order valence-electron chi connectivity index (χ3n) is 6.95. The fourth-order valence-corrected chi connectivity index (χ4v) is 5.87. The zero-order valence-corrected chi connectivity index (χ0v) is 22.6. The molecule has 0 aliphatic carbocycles. The first-order chi connectivity index (χ1) is 18.3. The number of aliphatic imine (C=N–C) groups is 1. The van der Waals surface area contributed by atoms with Crippen LogP contribution in [-0.2, 0) is 4.79 Å². The Morgan fingerprint density at radius 2 is 1.82 bits per heavy atom. The van der Waals surface area contributed by atoms with Crippen LogP contribution in [0.25, 0.3) is 16.1 Å². The molecule has 0 saturated carbocycles. The minimum absolute atomic E-state index is 0.0967. The lowest BCUT2D eigenvalue weighted by atomic mass is 9.96. The van der Waals surface area contributed by atoms with Crippen molar-refractivity contribution in [3.05, 3.63) is 81.7 Å². The summed E-state index contributed by atoms with van der Waals surface area (Å²) < 4.78 is 7.71. The van der Waals surface area contributed by atoms with Gasteiger partial charge in [0.15, 0.2) is 5.82 Å². The van der Waals surface area contributed by atoms with Gasteiger partial charge in [0.1, 0.15) is 22.6 Å². The second-order valence-electron chi connectivity index (χ2n) is 9.48. The molecule has 0 saturated heterocycles. The van der Waals surface area contributed by atoms with Gasteiger partial charge >= 0.3 is 5.97 Å². The fourth-order valence-electron chi connectivity index (χ4n) is 4.66. The Morgan fingerprint density at radius 3 is 2.53 bits per heavy atom.